The number of nitrogens with zero attached hydrogens (tertiary/aromatic N) is 1. The summed E-state index contributed by atoms with van der Waals surface area (Å²) in [6, 6.07) is 5.76. The van der Waals surface area contributed by atoms with Crippen molar-refractivity contribution in [3.05, 3.63) is 23.8 Å². The fourth-order valence-corrected chi connectivity index (χ4v) is 3.84. The van der Waals surface area contributed by atoms with Gasteiger partial charge >= 0.3 is 6.03 Å². The molecule has 1 saturated heterocycles. The number of piperidine rings is 1. The first-order valence-electron chi connectivity index (χ1n) is 10.4. The Hall–Kier alpha value is -2.44. The summed E-state index contributed by atoms with van der Waals surface area (Å²) in [6.45, 7) is 7.91. The molecule has 0 unspecified atom stereocenters. The molecule has 0 aliphatic carbocycles. The molecule has 162 valence electrons. The molecule has 1 aromatic rings. The van der Waals surface area contributed by atoms with Crippen molar-refractivity contribution < 1.29 is 19.1 Å². The van der Waals surface area contributed by atoms with Gasteiger partial charge in [-0.05, 0) is 49.8 Å². The van der Waals surface area contributed by atoms with Crippen LogP contribution in [0, 0.1) is 11.8 Å². The zero-order valence-electron chi connectivity index (χ0n) is 18.3. The summed E-state index contributed by atoms with van der Waals surface area (Å²) >= 11 is 0. The third kappa shape index (κ3) is 6.54. The second kappa shape index (κ2) is 10.9. The van der Waals surface area contributed by atoms with Crippen LogP contribution in [0.1, 0.15) is 45.6 Å². The monoisotopic (exact) mass is 405 g/mol. The number of nitrogens with one attached hydrogen (secondary N) is 2. The highest BCUT2D eigenvalue weighted by molar-refractivity contribution is 5.76. The van der Waals surface area contributed by atoms with E-state index in [1.54, 1.807) is 14.2 Å². The quantitative estimate of drug-likeness (QED) is 0.696. The van der Waals surface area contributed by atoms with E-state index in [1.165, 1.54) is 0 Å². The number of urea groups is 1. The highest BCUT2D eigenvalue weighted by Gasteiger charge is 2.31. The minimum absolute atomic E-state index is 0.00481. The van der Waals surface area contributed by atoms with Crippen LogP contribution in [0.4, 0.5) is 4.79 Å². The summed E-state index contributed by atoms with van der Waals surface area (Å²) < 4.78 is 10.6. The van der Waals surface area contributed by atoms with Gasteiger partial charge in [0.15, 0.2) is 11.5 Å². The van der Waals surface area contributed by atoms with Gasteiger partial charge in [0, 0.05) is 32.1 Å². The summed E-state index contributed by atoms with van der Waals surface area (Å²) in [7, 11) is 3.19. The number of carbonyl (C=O) groups excluding carboxylic acids is 2. The van der Waals surface area contributed by atoms with Gasteiger partial charge in [-0.15, -0.1) is 0 Å². The Morgan fingerprint density at radius 1 is 1.17 bits per heavy atom. The molecule has 1 aromatic carbocycles. The third-order valence-corrected chi connectivity index (χ3v) is 5.50. The van der Waals surface area contributed by atoms with Crippen LogP contribution in [0.15, 0.2) is 18.2 Å². The lowest BCUT2D eigenvalue weighted by molar-refractivity contribution is -0.123. The normalized spacial score (nSPS) is 19.0. The van der Waals surface area contributed by atoms with Crippen LogP contribution >= 0.6 is 0 Å². The molecule has 1 aliphatic heterocycles. The summed E-state index contributed by atoms with van der Waals surface area (Å²) in [6.07, 6.45) is 2.30. The molecule has 29 heavy (non-hydrogen) atoms. The Morgan fingerprint density at radius 3 is 2.52 bits per heavy atom. The van der Waals surface area contributed by atoms with Gasteiger partial charge in [-0.3, -0.25) is 4.79 Å². The van der Waals surface area contributed by atoms with Gasteiger partial charge in [0.2, 0.25) is 5.91 Å². The molecule has 7 heteroatoms. The predicted octanol–water partition coefficient (Wildman–Crippen LogP) is 3.18. The van der Waals surface area contributed by atoms with E-state index < -0.39 is 0 Å². The Labute approximate surface area is 174 Å². The van der Waals surface area contributed by atoms with Crippen LogP contribution in [-0.4, -0.2) is 50.2 Å². The van der Waals surface area contributed by atoms with E-state index in [0.29, 0.717) is 49.4 Å². The number of hydrogen-bond acceptors (Lipinski definition) is 4. The van der Waals surface area contributed by atoms with E-state index in [0.717, 1.165) is 18.4 Å². The highest BCUT2D eigenvalue weighted by atomic mass is 16.5. The number of methoxy groups -OCH3 is 2. The van der Waals surface area contributed by atoms with Gasteiger partial charge in [0.05, 0.1) is 14.2 Å². The lowest BCUT2D eigenvalue weighted by Crippen LogP contribution is -2.50. The third-order valence-electron chi connectivity index (χ3n) is 5.50. The van der Waals surface area contributed by atoms with Crippen molar-refractivity contribution in [2.24, 2.45) is 11.8 Å². The van der Waals surface area contributed by atoms with Crippen LogP contribution in [0.2, 0.25) is 0 Å². The average Bonchev–Trinajstić information content (AvgIpc) is 2.71. The minimum atomic E-state index is -0.00481. The largest absolute Gasteiger partial charge is 0.493 e. The predicted molar refractivity (Wildman–Crippen MR) is 113 cm³/mol. The van der Waals surface area contributed by atoms with E-state index in [2.05, 4.69) is 17.6 Å². The zero-order valence-corrected chi connectivity index (χ0v) is 18.3. The summed E-state index contributed by atoms with van der Waals surface area (Å²) in [5.41, 5.74) is 0.961. The van der Waals surface area contributed by atoms with Crippen molar-refractivity contribution in [3.8, 4) is 11.5 Å². The lowest BCUT2D eigenvalue weighted by Gasteiger charge is -2.38. The van der Waals surface area contributed by atoms with Crippen LogP contribution in [-0.2, 0) is 11.3 Å². The van der Waals surface area contributed by atoms with Crippen molar-refractivity contribution in [1.82, 2.24) is 15.5 Å². The van der Waals surface area contributed by atoms with E-state index >= 15 is 0 Å². The van der Waals surface area contributed by atoms with E-state index in [4.69, 9.17) is 9.47 Å². The fraction of sp³-hybridized carbons (Fsp3) is 0.636. The molecule has 2 N–H and O–H groups in total. The van der Waals surface area contributed by atoms with Crippen molar-refractivity contribution in [1.29, 1.82) is 0 Å². The molecule has 7 nitrogen and oxygen atoms in total. The van der Waals surface area contributed by atoms with Crippen molar-refractivity contribution in [2.75, 3.05) is 27.3 Å². The number of hydrogen-bond donors (Lipinski definition) is 2. The standard InChI is InChI=1S/C22H35N3O4/c1-6-17-14-25(22(27)24-15(2)3)10-9-18(17)12-21(26)23-13-16-7-8-19(28-4)20(11-16)29-5/h7-8,11,15,17-18H,6,9-10,12-14H2,1-5H3,(H,23,26)(H,24,27)/t17-,18-/m0/s1. The van der Waals surface area contributed by atoms with Gasteiger partial charge in [-0.1, -0.05) is 19.4 Å². The zero-order chi connectivity index (χ0) is 21.4. The molecule has 0 spiro atoms. The molecule has 2 rings (SSSR count). The van der Waals surface area contributed by atoms with E-state index in [9.17, 15) is 9.59 Å². The van der Waals surface area contributed by atoms with Gasteiger partial charge in [0.25, 0.3) is 0 Å². The lowest BCUT2D eigenvalue weighted by atomic mass is 9.81. The number of likely N-dealkylation sites (tertiary alicyclic amines) is 1. The first-order chi connectivity index (χ1) is 13.9. The number of ether oxygens (including phenoxy) is 2. The second-order valence-electron chi connectivity index (χ2n) is 7.94. The molecule has 0 bridgehead atoms. The first-order valence-corrected chi connectivity index (χ1v) is 10.4. The molecular weight excluding hydrogens is 370 g/mol. The number of amides is 3. The van der Waals surface area contributed by atoms with Crippen LogP contribution in [0.5, 0.6) is 11.5 Å². The molecule has 0 aromatic heterocycles. The van der Waals surface area contributed by atoms with Crippen LogP contribution in [0.25, 0.3) is 0 Å². The summed E-state index contributed by atoms with van der Waals surface area (Å²) in [5, 5.41) is 5.97. The molecular formula is C22H35N3O4. The maximum absolute atomic E-state index is 12.5. The van der Waals surface area contributed by atoms with Crippen molar-refractivity contribution in [3.63, 3.8) is 0 Å². The molecule has 0 radical (unpaired) electrons. The van der Waals surface area contributed by atoms with Crippen molar-refractivity contribution >= 4 is 11.9 Å². The maximum atomic E-state index is 12.5. The highest BCUT2D eigenvalue weighted by Crippen LogP contribution is 2.30. The van der Waals surface area contributed by atoms with Gasteiger partial charge < -0.3 is 25.0 Å². The van der Waals surface area contributed by atoms with Crippen LogP contribution < -0.4 is 20.1 Å². The first kappa shape index (κ1) is 22.8. The van der Waals surface area contributed by atoms with E-state index in [1.807, 2.05) is 36.9 Å². The molecule has 3 amide bonds. The number of carbonyl (C=O) groups is 2. The number of benzene rings is 1. The maximum Gasteiger partial charge on any atom is 0.317 e. The van der Waals surface area contributed by atoms with Gasteiger partial charge in [-0.2, -0.15) is 0 Å². The molecule has 1 heterocycles. The SMILES string of the molecule is CC[C@H]1CN(C(=O)NC(C)C)CC[C@H]1CC(=O)NCc1ccc(OC)c(OC)c1. The van der Waals surface area contributed by atoms with Crippen molar-refractivity contribution in [2.45, 2.75) is 52.6 Å². The molecule has 0 saturated carbocycles. The number of rotatable bonds is 8. The van der Waals surface area contributed by atoms with Crippen LogP contribution in [0.3, 0.4) is 0 Å². The minimum Gasteiger partial charge on any atom is -0.493 e. The fourth-order valence-electron chi connectivity index (χ4n) is 3.84. The van der Waals surface area contributed by atoms with Gasteiger partial charge in [0.1, 0.15) is 0 Å². The topological polar surface area (TPSA) is 79.9 Å². The summed E-state index contributed by atoms with van der Waals surface area (Å²) in [4.78, 5) is 26.7. The molecule has 2 atom stereocenters. The Bertz CT molecular complexity index is 693. The Balaban J connectivity index is 1.86. The Kier molecular flexibility index (Phi) is 8.61. The average molecular weight is 406 g/mol. The second-order valence-corrected chi connectivity index (χ2v) is 7.94. The Morgan fingerprint density at radius 2 is 1.90 bits per heavy atom. The van der Waals surface area contributed by atoms with Gasteiger partial charge in [-0.25, -0.2) is 4.79 Å². The molecule has 1 fully saturated rings. The van der Waals surface area contributed by atoms with E-state index in [-0.39, 0.29) is 18.0 Å². The molecule has 1 aliphatic rings. The summed E-state index contributed by atoms with van der Waals surface area (Å²) in [5.74, 6) is 2.00. The smallest absolute Gasteiger partial charge is 0.317 e.